The molecule has 1 aromatic rings. The highest BCUT2D eigenvalue weighted by Crippen LogP contribution is 2.33. The van der Waals surface area contributed by atoms with E-state index in [1.165, 1.54) is 15.6 Å². The first kappa shape index (κ1) is 12.1. The maximum atomic E-state index is 5.45. The average Bonchev–Trinajstić information content (AvgIpc) is 2.33. The van der Waals surface area contributed by atoms with Gasteiger partial charge in [-0.2, -0.15) is 0 Å². The first-order valence-corrected chi connectivity index (χ1v) is 6.50. The summed E-state index contributed by atoms with van der Waals surface area (Å²) in [5.41, 5.74) is 2.77. The Bertz CT molecular complexity index is 372. The molecule has 2 rings (SSSR count). The highest BCUT2D eigenvalue weighted by Gasteiger charge is 2.32. The van der Waals surface area contributed by atoms with Gasteiger partial charge >= 0.3 is 0 Å². The van der Waals surface area contributed by atoms with Crippen LogP contribution >= 0.6 is 15.9 Å². The van der Waals surface area contributed by atoms with E-state index in [4.69, 9.17) is 4.74 Å². The van der Waals surface area contributed by atoms with Gasteiger partial charge in [0.1, 0.15) is 0 Å². The van der Waals surface area contributed by atoms with Crippen molar-refractivity contribution in [1.82, 2.24) is 5.32 Å². The van der Waals surface area contributed by atoms with Crippen LogP contribution in [-0.2, 0) is 10.3 Å². The molecule has 0 saturated carbocycles. The van der Waals surface area contributed by atoms with Gasteiger partial charge in [-0.1, -0.05) is 28.1 Å². The molecule has 1 fully saturated rings. The van der Waals surface area contributed by atoms with Crippen LogP contribution in [0.5, 0.6) is 0 Å². The average molecular weight is 284 g/mol. The SMILES string of the molecule is CNC1(c2ccc(Br)c(C)c2)CCOCC1. The summed E-state index contributed by atoms with van der Waals surface area (Å²) >= 11 is 3.55. The molecule has 1 N–H and O–H groups in total. The highest BCUT2D eigenvalue weighted by molar-refractivity contribution is 9.10. The summed E-state index contributed by atoms with van der Waals surface area (Å²) in [6.07, 6.45) is 2.09. The smallest absolute Gasteiger partial charge is 0.0486 e. The van der Waals surface area contributed by atoms with Crippen LogP contribution in [0.25, 0.3) is 0 Å². The summed E-state index contributed by atoms with van der Waals surface area (Å²) in [6.45, 7) is 3.82. The van der Waals surface area contributed by atoms with Crippen LogP contribution in [-0.4, -0.2) is 20.3 Å². The first-order valence-electron chi connectivity index (χ1n) is 5.71. The number of halogens is 1. The Hall–Kier alpha value is -0.380. The van der Waals surface area contributed by atoms with Crippen molar-refractivity contribution in [2.45, 2.75) is 25.3 Å². The molecule has 88 valence electrons. The van der Waals surface area contributed by atoms with Crippen molar-refractivity contribution in [1.29, 1.82) is 0 Å². The van der Waals surface area contributed by atoms with Gasteiger partial charge in [-0.15, -0.1) is 0 Å². The quantitative estimate of drug-likeness (QED) is 0.901. The Kier molecular flexibility index (Phi) is 3.67. The molecule has 1 aliphatic rings. The lowest BCUT2D eigenvalue weighted by atomic mass is 9.82. The molecule has 1 aliphatic heterocycles. The molecular weight excluding hydrogens is 266 g/mol. The summed E-state index contributed by atoms with van der Waals surface area (Å²) in [6, 6.07) is 6.62. The van der Waals surface area contributed by atoms with E-state index >= 15 is 0 Å². The fourth-order valence-corrected chi connectivity index (χ4v) is 2.59. The predicted molar refractivity (Wildman–Crippen MR) is 69.7 cm³/mol. The minimum atomic E-state index is 0.101. The fraction of sp³-hybridized carbons (Fsp3) is 0.538. The van der Waals surface area contributed by atoms with E-state index in [1.54, 1.807) is 0 Å². The molecule has 0 aromatic heterocycles. The zero-order valence-electron chi connectivity index (χ0n) is 9.85. The van der Waals surface area contributed by atoms with Crippen molar-refractivity contribution in [2.24, 2.45) is 0 Å². The molecular formula is C13H18BrNO. The zero-order chi connectivity index (χ0) is 11.6. The van der Waals surface area contributed by atoms with Gasteiger partial charge in [0.2, 0.25) is 0 Å². The van der Waals surface area contributed by atoms with E-state index in [-0.39, 0.29) is 5.54 Å². The second kappa shape index (κ2) is 4.86. The summed E-state index contributed by atoms with van der Waals surface area (Å²) in [4.78, 5) is 0. The number of hydrogen-bond acceptors (Lipinski definition) is 2. The minimum absolute atomic E-state index is 0.101. The van der Waals surface area contributed by atoms with E-state index in [0.717, 1.165) is 26.1 Å². The lowest BCUT2D eigenvalue weighted by Crippen LogP contribution is -2.44. The Balaban J connectivity index is 2.35. The third-order valence-electron chi connectivity index (χ3n) is 3.54. The van der Waals surface area contributed by atoms with E-state index in [1.807, 2.05) is 7.05 Å². The first-order chi connectivity index (χ1) is 7.68. The zero-order valence-corrected chi connectivity index (χ0v) is 11.4. The molecule has 0 amide bonds. The lowest BCUT2D eigenvalue weighted by Gasteiger charge is -2.37. The van der Waals surface area contributed by atoms with Crippen LogP contribution in [0.2, 0.25) is 0 Å². The molecule has 3 heteroatoms. The number of rotatable bonds is 2. The van der Waals surface area contributed by atoms with Crippen molar-refractivity contribution in [3.05, 3.63) is 33.8 Å². The van der Waals surface area contributed by atoms with Gasteiger partial charge in [-0.3, -0.25) is 0 Å². The molecule has 0 atom stereocenters. The number of aryl methyl sites for hydroxylation is 1. The lowest BCUT2D eigenvalue weighted by molar-refractivity contribution is 0.0398. The van der Waals surface area contributed by atoms with Crippen LogP contribution in [0, 0.1) is 6.92 Å². The van der Waals surface area contributed by atoms with E-state index < -0.39 is 0 Å². The second-order valence-electron chi connectivity index (χ2n) is 4.41. The van der Waals surface area contributed by atoms with Crippen LogP contribution in [0.3, 0.4) is 0 Å². The Morgan fingerprint density at radius 3 is 2.56 bits per heavy atom. The Morgan fingerprint density at radius 1 is 1.31 bits per heavy atom. The van der Waals surface area contributed by atoms with Crippen LogP contribution < -0.4 is 5.32 Å². The van der Waals surface area contributed by atoms with Gasteiger partial charge in [0, 0.05) is 23.2 Å². The van der Waals surface area contributed by atoms with Gasteiger partial charge in [0.15, 0.2) is 0 Å². The Labute approximate surface area is 106 Å². The summed E-state index contributed by atoms with van der Waals surface area (Å²) in [7, 11) is 2.04. The standard InChI is InChI=1S/C13H18BrNO/c1-10-9-11(3-4-12(10)14)13(15-2)5-7-16-8-6-13/h3-4,9,15H,5-8H2,1-2H3. The van der Waals surface area contributed by atoms with Crippen LogP contribution in [0.1, 0.15) is 24.0 Å². The number of hydrogen-bond donors (Lipinski definition) is 1. The van der Waals surface area contributed by atoms with Crippen molar-refractivity contribution in [3.63, 3.8) is 0 Å². The largest absolute Gasteiger partial charge is 0.381 e. The summed E-state index contributed by atoms with van der Waals surface area (Å²) < 4.78 is 6.63. The van der Waals surface area contributed by atoms with Crippen molar-refractivity contribution >= 4 is 15.9 Å². The molecule has 0 unspecified atom stereocenters. The molecule has 0 aliphatic carbocycles. The molecule has 1 saturated heterocycles. The van der Waals surface area contributed by atoms with Gasteiger partial charge < -0.3 is 10.1 Å². The number of ether oxygens (including phenoxy) is 1. The summed E-state index contributed by atoms with van der Waals surface area (Å²) in [5, 5.41) is 3.49. The molecule has 1 heterocycles. The predicted octanol–water partition coefficient (Wildman–Crippen LogP) is 2.98. The third kappa shape index (κ3) is 2.17. The van der Waals surface area contributed by atoms with E-state index in [0.29, 0.717) is 0 Å². The van der Waals surface area contributed by atoms with Gasteiger partial charge in [0.05, 0.1) is 0 Å². The number of benzene rings is 1. The number of nitrogens with one attached hydrogen (secondary N) is 1. The summed E-state index contributed by atoms with van der Waals surface area (Å²) in [5.74, 6) is 0. The van der Waals surface area contributed by atoms with Gasteiger partial charge in [0.25, 0.3) is 0 Å². The van der Waals surface area contributed by atoms with E-state index in [2.05, 4.69) is 46.4 Å². The third-order valence-corrected chi connectivity index (χ3v) is 4.43. The van der Waals surface area contributed by atoms with Gasteiger partial charge in [-0.25, -0.2) is 0 Å². The molecule has 0 spiro atoms. The van der Waals surface area contributed by atoms with Gasteiger partial charge in [-0.05, 0) is 44.0 Å². The monoisotopic (exact) mass is 283 g/mol. The topological polar surface area (TPSA) is 21.3 Å². The highest BCUT2D eigenvalue weighted by atomic mass is 79.9. The maximum Gasteiger partial charge on any atom is 0.0486 e. The van der Waals surface area contributed by atoms with Crippen LogP contribution in [0.4, 0.5) is 0 Å². The molecule has 16 heavy (non-hydrogen) atoms. The van der Waals surface area contributed by atoms with E-state index in [9.17, 15) is 0 Å². The van der Waals surface area contributed by atoms with Crippen molar-refractivity contribution in [3.8, 4) is 0 Å². The minimum Gasteiger partial charge on any atom is -0.381 e. The normalized spacial score (nSPS) is 19.7. The molecule has 2 nitrogen and oxygen atoms in total. The molecule has 0 radical (unpaired) electrons. The molecule has 1 aromatic carbocycles. The Morgan fingerprint density at radius 2 is 2.00 bits per heavy atom. The molecule has 0 bridgehead atoms. The van der Waals surface area contributed by atoms with Crippen LogP contribution in [0.15, 0.2) is 22.7 Å². The second-order valence-corrected chi connectivity index (χ2v) is 5.26. The van der Waals surface area contributed by atoms with Crippen molar-refractivity contribution in [2.75, 3.05) is 20.3 Å². The maximum absolute atomic E-state index is 5.45. The van der Waals surface area contributed by atoms with Crippen molar-refractivity contribution < 1.29 is 4.74 Å². The fourth-order valence-electron chi connectivity index (χ4n) is 2.35.